The van der Waals surface area contributed by atoms with Crippen molar-refractivity contribution in [2.24, 2.45) is 0 Å². The monoisotopic (exact) mass is 359 g/mol. The fraction of sp³-hybridized carbons (Fsp3) is 0.421. The summed E-state index contributed by atoms with van der Waals surface area (Å²) in [4.78, 5) is 31.7. The van der Waals surface area contributed by atoms with Gasteiger partial charge < -0.3 is 10.3 Å². The number of amides is 1. The van der Waals surface area contributed by atoms with Gasteiger partial charge in [-0.15, -0.1) is 0 Å². The second kappa shape index (κ2) is 9.42. The molecule has 1 aromatic carbocycles. The number of carbonyl (C=O) groups excluding carboxylic acids is 1. The van der Waals surface area contributed by atoms with Gasteiger partial charge in [0.25, 0.3) is 5.56 Å². The van der Waals surface area contributed by atoms with Crippen LogP contribution in [0.2, 0.25) is 0 Å². The highest BCUT2D eigenvalue weighted by molar-refractivity contribution is 8.00. The van der Waals surface area contributed by atoms with Gasteiger partial charge in [-0.1, -0.05) is 50.2 Å². The Labute approximate surface area is 152 Å². The number of H-pyrrole nitrogens is 1. The van der Waals surface area contributed by atoms with Crippen molar-refractivity contribution in [1.29, 1.82) is 0 Å². The molecule has 0 aliphatic carbocycles. The fourth-order valence-electron chi connectivity index (χ4n) is 2.41. The van der Waals surface area contributed by atoms with E-state index in [-0.39, 0.29) is 16.7 Å². The van der Waals surface area contributed by atoms with Gasteiger partial charge in [0.2, 0.25) is 5.91 Å². The molecule has 0 spiro atoms. The molecule has 2 aromatic rings. The second-order valence-corrected chi connectivity index (χ2v) is 7.16. The maximum atomic E-state index is 12.6. The van der Waals surface area contributed by atoms with Crippen LogP contribution in [-0.2, 0) is 11.2 Å². The molecule has 25 heavy (non-hydrogen) atoms. The van der Waals surface area contributed by atoms with E-state index in [4.69, 9.17) is 0 Å². The van der Waals surface area contributed by atoms with E-state index in [0.29, 0.717) is 11.6 Å². The highest BCUT2D eigenvalue weighted by Gasteiger charge is 2.20. The van der Waals surface area contributed by atoms with Gasteiger partial charge in [0, 0.05) is 17.4 Å². The SMILES string of the molecule is CCCCc1cc(=O)[nH]c(SC(CC)C(=O)Nc2ccccc2C)n1. The molecule has 1 atom stereocenters. The van der Waals surface area contributed by atoms with E-state index >= 15 is 0 Å². The van der Waals surface area contributed by atoms with Crippen LogP contribution in [0.4, 0.5) is 5.69 Å². The lowest BCUT2D eigenvalue weighted by Crippen LogP contribution is -2.25. The Morgan fingerprint density at radius 3 is 2.76 bits per heavy atom. The van der Waals surface area contributed by atoms with Crippen LogP contribution >= 0.6 is 11.8 Å². The first-order chi connectivity index (χ1) is 12.0. The zero-order valence-electron chi connectivity index (χ0n) is 15.0. The predicted octanol–water partition coefficient (Wildman–Crippen LogP) is 3.93. The van der Waals surface area contributed by atoms with Crippen LogP contribution in [0.1, 0.15) is 44.4 Å². The number of anilines is 1. The third kappa shape index (κ3) is 5.74. The first-order valence-corrected chi connectivity index (χ1v) is 9.54. The molecule has 0 aliphatic rings. The Bertz CT molecular complexity index is 773. The first kappa shape index (κ1) is 19.2. The molecule has 1 unspecified atom stereocenters. The van der Waals surface area contributed by atoms with Crippen LogP contribution in [0.5, 0.6) is 0 Å². The summed E-state index contributed by atoms with van der Waals surface area (Å²) in [5, 5.41) is 3.15. The standard InChI is InChI=1S/C19H25N3O2S/c1-4-6-10-14-12-17(23)22-19(20-14)25-16(5-2)18(24)21-15-11-8-7-9-13(15)3/h7-9,11-12,16H,4-6,10H2,1-3H3,(H,21,24)(H,20,22,23). The summed E-state index contributed by atoms with van der Waals surface area (Å²) in [5.74, 6) is -0.0802. The van der Waals surface area contributed by atoms with Crippen LogP contribution < -0.4 is 10.9 Å². The van der Waals surface area contributed by atoms with Crippen molar-refractivity contribution in [3.63, 3.8) is 0 Å². The number of thioether (sulfide) groups is 1. The number of hydrogen-bond donors (Lipinski definition) is 2. The normalized spacial score (nSPS) is 12.0. The molecule has 5 nitrogen and oxygen atoms in total. The van der Waals surface area contributed by atoms with Gasteiger partial charge in [-0.3, -0.25) is 9.59 Å². The number of aryl methyl sites for hydroxylation is 2. The van der Waals surface area contributed by atoms with Gasteiger partial charge in [-0.05, 0) is 37.8 Å². The molecule has 0 aliphatic heterocycles. The zero-order chi connectivity index (χ0) is 18.2. The first-order valence-electron chi connectivity index (χ1n) is 8.66. The zero-order valence-corrected chi connectivity index (χ0v) is 15.8. The molecule has 2 N–H and O–H groups in total. The Morgan fingerprint density at radius 1 is 1.32 bits per heavy atom. The number of carbonyl (C=O) groups is 1. The Hall–Kier alpha value is -2.08. The smallest absolute Gasteiger partial charge is 0.251 e. The van der Waals surface area contributed by atoms with Crippen molar-refractivity contribution in [3.05, 3.63) is 51.9 Å². The Kier molecular flexibility index (Phi) is 7.25. The van der Waals surface area contributed by atoms with Crippen molar-refractivity contribution in [2.75, 3.05) is 5.32 Å². The molecule has 6 heteroatoms. The number of aromatic nitrogens is 2. The van der Waals surface area contributed by atoms with E-state index < -0.39 is 0 Å². The van der Waals surface area contributed by atoms with Crippen molar-refractivity contribution in [1.82, 2.24) is 9.97 Å². The van der Waals surface area contributed by atoms with Gasteiger partial charge in [0.1, 0.15) is 0 Å². The van der Waals surface area contributed by atoms with Crippen LogP contribution in [0.15, 0.2) is 40.3 Å². The number of hydrogen-bond acceptors (Lipinski definition) is 4. The van der Waals surface area contributed by atoms with Gasteiger partial charge in [0.05, 0.1) is 5.25 Å². The van der Waals surface area contributed by atoms with E-state index in [9.17, 15) is 9.59 Å². The van der Waals surface area contributed by atoms with Gasteiger partial charge in [-0.25, -0.2) is 4.98 Å². The molecule has 0 radical (unpaired) electrons. The Morgan fingerprint density at radius 2 is 2.08 bits per heavy atom. The minimum atomic E-state index is -0.316. The van der Waals surface area contributed by atoms with Crippen LogP contribution in [0.25, 0.3) is 0 Å². The minimum absolute atomic E-state index is 0.0802. The second-order valence-electron chi connectivity index (χ2n) is 5.96. The third-order valence-electron chi connectivity index (χ3n) is 3.88. The summed E-state index contributed by atoms with van der Waals surface area (Å²) >= 11 is 1.31. The molecule has 0 fully saturated rings. The van der Waals surface area contributed by atoms with Gasteiger partial charge in [-0.2, -0.15) is 0 Å². The van der Waals surface area contributed by atoms with Gasteiger partial charge in [0.15, 0.2) is 5.16 Å². The molecular weight excluding hydrogens is 334 g/mol. The van der Waals surface area contributed by atoms with E-state index in [1.54, 1.807) is 0 Å². The third-order valence-corrected chi connectivity index (χ3v) is 5.13. The molecule has 1 aromatic heterocycles. The number of benzene rings is 1. The lowest BCUT2D eigenvalue weighted by molar-refractivity contribution is -0.115. The fourth-order valence-corrected chi connectivity index (χ4v) is 3.34. The average Bonchev–Trinajstić information content (AvgIpc) is 2.59. The molecule has 134 valence electrons. The lowest BCUT2D eigenvalue weighted by Gasteiger charge is -2.15. The van der Waals surface area contributed by atoms with Crippen molar-refractivity contribution in [3.8, 4) is 0 Å². The predicted molar refractivity (Wildman–Crippen MR) is 103 cm³/mol. The van der Waals surface area contributed by atoms with Crippen LogP contribution in [0.3, 0.4) is 0 Å². The minimum Gasteiger partial charge on any atom is -0.325 e. The van der Waals surface area contributed by atoms with Crippen molar-refractivity contribution < 1.29 is 4.79 Å². The van der Waals surface area contributed by atoms with Crippen LogP contribution in [0, 0.1) is 6.92 Å². The highest BCUT2D eigenvalue weighted by atomic mass is 32.2. The molecule has 1 amide bonds. The molecular formula is C19H25N3O2S. The van der Waals surface area contributed by atoms with E-state index in [0.717, 1.165) is 36.2 Å². The summed E-state index contributed by atoms with van der Waals surface area (Å²) in [6.07, 6.45) is 3.46. The number of para-hydroxylation sites is 1. The summed E-state index contributed by atoms with van der Waals surface area (Å²) in [7, 11) is 0. The quantitative estimate of drug-likeness (QED) is 0.553. The van der Waals surface area contributed by atoms with E-state index in [2.05, 4.69) is 22.2 Å². The van der Waals surface area contributed by atoms with E-state index in [1.165, 1.54) is 17.8 Å². The summed E-state index contributed by atoms with van der Waals surface area (Å²) < 4.78 is 0. The van der Waals surface area contributed by atoms with Crippen molar-refractivity contribution in [2.45, 2.75) is 56.9 Å². The number of nitrogens with one attached hydrogen (secondary N) is 2. The topological polar surface area (TPSA) is 74.8 Å². The van der Waals surface area contributed by atoms with Gasteiger partial charge >= 0.3 is 0 Å². The van der Waals surface area contributed by atoms with E-state index in [1.807, 2.05) is 38.1 Å². The molecule has 0 bridgehead atoms. The molecule has 0 saturated carbocycles. The van der Waals surface area contributed by atoms with Crippen molar-refractivity contribution >= 4 is 23.4 Å². The lowest BCUT2D eigenvalue weighted by atomic mass is 10.2. The maximum Gasteiger partial charge on any atom is 0.251 e. The number of nitrogens with zero attached hydrogens (tertiary/aromatic N) is 1. The maximum absolute atomic E-state index is 12.6. The summed E-state index contributed by atoms with van der Waals surface area (Å²) in [5.41, 5.74) is 2.44. The number of rotatable bonds is 8. The summed E-state index contributed by atoms with van der Waals surface area (Å²) in [6, 6.07) is 9.21. The number of unbranched alkanes of at least 4 members (excludes halogenated alkanes) is 1. The molecule has 0 saturated heterocycles. The highest BCUT2D eigenvalue weighted by Crippen LogP contribution is 2.24. The molecule has 2 rings (SSSR count). The average molecular weight is 359 g/mol. The number of aromatic amines is 1. The summed E-state index contributed by atoms with van der Waals surface area (Å²) in [6.45, 7) is 6.01. The molecule has 1 heterocycles. The van der Waals surface area contributed by atoms with Crippen LogP contribution in [-0.4, -0.2) is 21.1 Å². The Balaban J connectivity index is 2.11. The largest absolute Gasteiger partial charge is 0.325 e.